The van der Waals surface area contributed by atoms with Crippen LogP contribution in [0.3, 0.4) is 0 Å². The van der Waals surface area contributed by atoms with Crippen LogP contribution >= 0.6 is 0 Å². The van der Waals surface area contributed by atoms with Crippen molar-refractivity contribution in [2.75, 3.05) is 19.6 Å². The quantitative estimate of drug-likeness (QED) is 0.612. The van der Waals surface area contributed by atoms with Crippen LogP contribution in [0.4, 0.5) is 0 Å². The maximum Gasteiger partial charge on any atom is 0.0163 e. The van der Waals surface area contributed by atoms with E-state index in [-0.39, 0.29) is 0 Å². The molecule has 0 aliphatic heterocycles. The molecule has 0 aliphatic carbocycles. The number of nitrogens with zero attached hydrogens (tertiary/aromatic N) is 1. The lowest BCUT2D eigenvalue weighted by Gasteiger charge is -2.21. The Balaban J connectivity index is 2.43. The summed E-state index contributed by atoms with van der Waals surface area (Å²) < 4.78 is 0. The summed E-state index contributed by atoms with van der Waals surface area (Å²) in [6.07, 6.45) is 5.08. The molecule has 0 amide bonds. The van der Waals surface area contributed by atoms with E-state index in [1.807, 2.05) is 12.2 Å². The van der Waals surface area contributed by atoms with E-state index in [4.69, 9.17) is 0 Å². The minimum absolute atomic E-state index is 0.605. The minimum Gasteiger partial charge on any atom is -0.296 e. The summed E-state index contributed by atoms with van der Waals surface area (Å²) in [6, 6.07) is 10.7. The Labute approximate surface area is 105 Å². The molecule has 1 atom stereocenters. The van der Waals surface area contributed by atoms with Gasteiger partial charge in [-0.15, -0.1) is 13.2 Å². The lowest BCUT2D eigenvalue weighted by atomic mass is 9.98. The van der Waals surface area contributed by atoms with Crippen LogP contribution in [-0.4, -0.2) is 24.5 Å². The molecule has 0 fully saturated rings. The van der Waals surface area contributed by atoms with Gasteiger partial charge in [0.05, 0.1) is 0 Å². The minimum atomic E-state index is 0.605. The van der Waals surface area contributed by atoms with Crippen LogP contribution < -0.4 is 0 Å². The Bertz CT molecular complexity index is 319. The largest absolute Gasteiger partial charge is 0.296 e. The van der Waals surface area contributed by atoms with Gasteiger partial charge in [0.1, 0.15) is 0 Å². The third-order valence-corrected chi connectivity index (χ3v) is 3.02. The molecule has 1 aromatic rings. The Morgan fingerprint density at radius 1 is 1.12 bits per heavy atom. The molecule has 0 aliphatic rings. The van der Waals surface area contributed by atoms with Crippen molar-refractivity contribution >= 4 is 0 Å². The van der Waals surface area contributed by atoms with Crippen molar-refractivity contribution in [1.82, 2.24) is 4.90 Å². The summed E-state index contributed by atoms with van der Waals surface area (Å²) in [6.45, 7) is 12.8. The first-order chi connectivity index (χ1) is 8.27. The Morgan fingerprint density at radius 2 is 1.71 bits per heavy atom. The Hall–Kier alpha value is -1.34. The smallest absolute Gasteiger partial charge is 0.0163 e. The number of benzene rings is 1. The Morgan fingerprint density at radius 3 is 2.24 bits per heavy atom. The van der Waals surface area contributed by atoms with Crippen molar-refractivity contribution in [2.24, 2.45) is 0 Å². The molecule has 0 radical (unpaired) electrons. The summed E-state index contributed by atoms with van der Waals surface area (Å²) in [7, 11) is 0. The highest BCUT2D eigenvalue weighted by atomic mass is 15.1. The van der Waals surface area contributed by atoms with Crippen LogP contribution in [0.15, 0.2) is 55.6 Å². The summed E-state index contributed by atoms with van der Waals surface area (Å²) >= 11 is 0. The standard InChI is InChI=1S/C16H23N/c1-4-12-17(13-5-2)14-11-15(3)16-9-7-6-8-10-16/h4-10,15H,1-2,11-14H2,3H3. The lowest BCUT2D eigenvalue weighted by molar-refractivity contribution is 0.321. The molecule has 0 heterocycles. The molecule has 92 valence electrons. The number of rotatable bonds is 8. The van der Waals surface area contributed by atoms with Gasteiger partial charge in [0.2, 0.25) is 0 Å². The molecule has 0 N–H and O–H groups in total. The fourth-order valence-electron chi connectivity index (χ4n) is 1.95. The summed E-state index contributed by atoms with van der Waals surface area (Å²) in [5.74, 6) is 0.605. The van der Waals surface area contributed by atoms with Crippen LogP contribution in [-0.2, 0) is 0 Å². The third kappa shape index (κ3) is 5.01. The van der Waals surface area contributed by atoms with Crippen molar-refractivity contribution in [2.45, 2.75) is 19.3 Å². The molecule has 0 saturated heterocycles. The first kappa shape index (κ1) is 13.7. The van der Waals surface area contributed by atoms with Gasteiger partial charge in [0.15, 0.2) is 0 Å². The van der Waals surface area contributed by atoms with E-state index in [9.17, 15) is 0 Å². The van der Waals surface area contributed by atoms with Crippen LogP contribution in [0.25, 0.3) is 0 Å². The van der Waals surface area contributed by atoms with Crippen molar-refractivity contribution in [3.05, 3.63) is 61.2 Å². The highest BCUT2D eigenvalue weighted by Crippen LogP contribution is 2.18. The normalized spacial score (nSPS) is 12.4. The number of hydrogen-bond acceptors (Lipinski definition) is 1. The van der Waals surface area contributed by atoms with Crippen LogP contribution in [0, 0.1) is 0 Å². The van der Waals surface area contributed by atoms with Gasteiger partial charge in [-0.3, -0.25) is 4.90 Å². The van der Waals surface area contributed by atoms with Gasteiger partial charge < -0.3 is 0 Å². The predicted octanol–water partition coefficient (Wildman–Crippen LogP) is 3.85. The molecule has 1 aromatic carbocycles. The second-order valence-electron chi connectivity index (χ2n) is 4.44. The van der Waals surface area contributed by atoms with E-state index < -0.39 is 0 Å². The van der Waals surface area contributed by atoms with Gasteiger partial charge in [-0.2, -0.15) is 0 Å². The first-order valence-electron chi connectivity index (χ1n) is 6.27. The van der Waals surface area contributed by atoms with Gasteiger partial charge in [-0.1, -0.05) is 49.4 Å². The predicted molar refractivity (Wildman–Crippen MR) is 76.3 cm³/mol. The first-order valence-corrected chi connectivity index (χ1v) is 6.27. The second kappa shape index (κ2) is 7.86. The molecule has 17 heavy (non-hydrogen) atoms. The summed E-state index contributed by atoms with van der Waals surface area (Å²) in [5, 5.41) is 0. The van der Waals surface area contributed by atoms with Crippen molar-refractivity contribution < 1.29 is 0 Å². The second-order valence-corrected chi connectivity index (χ2v) is 4.44. The van der Waals surface area contributed by atoms with Gasteiger partial charge in [0.25, 0.3) is 0 Å². The van der Waals surface area contributed by atoms with E-state index in [1.54, 1.807) is 0 Å². The zero-order valence-electron chi connectivity index (χ0n) is 10.8. The third-order valence-electron chi connectivity index (χ3n) is 3.02. The van der Waals surface area contributed by atoms with Crippen LogP contribution in [0.5, 0.6) is 0 Å². The fraction of sp³-hybridized carbons (Fsp3) is 0.375. The van der Waals surface area contributed by atoms with Gasteiger partial charge >= 0.3 is 0 Å². The summed E-state index contributed by atoms with van der Waals surface area (Å²) in [5.41, 5.74) is 1.42. The Kier molecular flexibility index (Phi) is 6.34. The monoisotopic (exact) mass is 229 g/mol. The molecule has 1 nitrogen and oxygen atoms in total. The van der Waals surface area contributed by atoms with Gasteiger partial charge in [-0.05, 0) is 24.4 Å². The van der Waals surface area contributed by atoms with E-state index >= 15 is 0 Å². The molecule has 0 aromatic heterocycles. The SMILES string of the molecule is C=CCN(CC=C)CCC(C)c1ccccc1. The maximum atomic E-state index is 3.79. The molecule has 0 saturated carbocycles. The molecular weight excluding hydrogens is 206 g/mol. The van der Waals surface area contributed by atoms with E-state index in [0.717, 1.165) is 19.6 Å². The molecular formula is C16H23N. The average Bonchev–Trinajstić information content (AvgIpc) is 2.37. The molecule has 0 bridgehead atoms. The highest BCUT2D eigenvalue weighted by Gasteiger charge is 2.07. The highest BCUT2D eigenvalue weighted by molar-refractivity contribution is 5.18. The van der Waals surface area contributed by atoms with Crippen LogP contribution in [0.2, 0.25) is 0 Å². The van der Waals surface area contributed by atoms with Crippen LogP contribution in [0.1, 0.15) is 24.8 Å². The van der Waals surface area contributed by atoms with E-state index in [2.05, 4.69) is 55.3 Å². The van der Waals surface area contributed by atoms with Crippen molar-refractivity contribution in [3.63, 3.8) is 0 Å². The van der Waals surface area contributed by atoms with E-state index in [0.29, 0.717) is 5.92 Å². The molecule has 1 unspecified atom stereocenters. The molecule has 1 rings (SSSR count). The van der Waals surface area contributed by atoms with Gasteiger partial charge in [0, 0.05) is 13.1 Å². The summed E-state index contributed by atoms with van der Waals surface area (Å²) in [4.78, 5) is 2.36. The van der Waals surface area contributed by atoms with E-state index in [1.165, 1.54) is 12.0 Å². The zero-order valence-corrected chi connectivity index (χ0v) is 10.8. The topological polar surface area (TPSA) is 3.24 Å². The van der Waals surface area contributed by atoms with Crippen molar-refractivity contribution in [3.8, 4) is 0 Å². The van der Waals surface area contributed by atoms with Gasteiger partial charge in [-0.25, -0.2) is 0 Å². The van der Waals surface area contributed by atoms with Crippen molar-refractivity contribution in [1.29, 1.82) is 0 Å². The average molecular weight is 229 g/mol. The fourth-order valence-corrected chi connectivity index (χ4v) is 1.95. The molecule has 1 heteroatoms. The maximum absolute atomic E-state index is 3.79. The molecule has 0 spiro atoms. The zero-order chi connectivity index (χ0) is 12.5. The number of hydrogen-bond donors (Lipinski definition) is 0. The lowest BCUT2D eigenvalue weighted by Crippen LogP contribution is -2.25.